The van der Waals surface area contributed by atoms with Crippen molar-refractivity contribution in [1.82, 2.24) is 0 Å². The van der Waals surface area contributed by atoms with Gasteiger partial charge >= 0.3 is 11.9 Å². The van der Waals surface area contributed by atoms with E-state index in [2.05, 4.69) is 0 Å². The number of aliphatic hydroxyl groups excluding tert-OH is 1. The van der Waals surface area contributed by atoms with E-state index in [1.165, 1.54) is 12.2 Å². The first-order chi connectivity index (χ1) is 7.44. The van der Waals surface area contributed by atoms with Crippen LogP contribution >= 0.6 is 0 Å². The fraction of sp³-hybridized carbons (Fsp3) is 0.636. The van der Waals surface area contributed by atoms with Crippen LogP contribution in [0, 0.1) is 17.3 Å². The first kappa shape index (κ1) is 11.1. The zero-order chi connectivity index (χ0) is 11.9. The molecule has 2 aliphatic carbocycles. The fourth-order valence-corrected chi connectivity index (χ4v) is 2.79. The lowest BCUT2D eigenvalue weighted by molar-refractivity contribution is -0.156. The van der Waals surface area contributed by atoms with Crippen molar-refractivity contribution in [2.24, 2.45) is 17.3 Å². The van der Waals surface area contributed by atoms with Crippen LogP contribution in [0.15, 0.2) is 12.2 Å². The lowest BCUT2D eigenvalue weighted by atomic mass is 9.61. The molecule has 2 aliphatic rings. The SMILES string of the molecule is O=C(O)[C@H]1C[C@@H]2C[C@@](C(=O)O)(C=C[C@H]2O)C1. The zero-order valence-corrected chi connectivity index (χ0v) is 8.67. The number of aliphatic hydroxyl groups is 1. The van der Waals surface area contributed by atoms with Gasteiger partial charge in [-0.15, -0.1) is 0 Å². The Labute approximate surface area is 92.4 Å². The van der Waals surface area contributed by atoms with Crippen LogP contribution in [-0.2, 0) is 9.59 Å². The van der Waals surface area contributed by atoms with Crippen molar-refractivity contribution in [3.05, 3.63) is 12.2 Å². The molecule has 0 unspecified atom stereocenters. The summed E-state index contributed by atoms with van der Waals surface area (Å²) >= 11 is 0. The Morgan fingerprint density at radius 3 is 2.50 bits per heavy atom. The number of aliphatic carboxylic acids is 2. The maximum Gasteiger partial charge on any atom is 0.313 e. The van der Waals surface area contributed by atoms with Crippen molar-refractivity contribution >= 4 is 11.9 Å². The first-order valence-electron chi connectivity index (χ1n) is 5.28. The largest absolute Gasteiger partial charge is 0.481 e. The van der Waals surface area contributed by atoms with Crippen LogP contribution in [0.5, 0.6) is 0 Å². The van der Waals surface area contributed by atoms with Gasteiger partial charge in [0, 0.05) is 0 Å². The molecule has 4 atom stereocenters. The third kappa shape index (κ3) is 1.61. The lowest BCUT2D eigenvalue weighted by Crippen LogP contribution is -2.46. The summed E-state index contributed by atoms with van der Waals surface area (Å²) in [5.74, 6) is -2.89. The van der Waals surface area contributed by atoms with Gasteiger partial charge in [-0.25, -0.2) is 0 Å². The molecule has 5 nitrogen and oxygen atoms in total. The molecule has 0 aromatic rings. The number of rotatable bonds is 2. The topological polar surface area (TPSA) is 94.8 Å². The van der Waals surface area contributed by atoms with Crippen molar-refractivity contribution in [2.75, 3.05) is 0 Å². The molecule has 1 fully saturated rings. The Hall–Kier alpha value is -1.36. The normalized spacial score (nSPS) is 41.7. The molecular weight excluding hydrogens is 212 g/mol. The maximum absolute atomic E-state index is 11.2. The summed E-state index contributed by atoms with van der Waals surface area (Å²) in [5, 5.41) is 27.8. The Morgan fingerprint density at radius 1 is 1.25 bits per heavy atom. The Kier molecular flexibility index (Phi) is 2.50. The minimum Gasteiger partial charge on any atom is -0.481 e. The molecule has 0 aliphatic heterocycles. The standard InChI is InChI=1S/C11H14O5/c12-8-1-2-11(10(15)16)4-6(8)3-7(5-11)9(13)14/h1-2,6-8,12H,3-5H2,(H,13,14)(H,15,16)/t6-,7+,8-,11+/m1/s1. The molecule has 5 heteroatoms. The third-order valence-corrected chi connectivity index (χ3v) is 3.69. The van der Waals surface area contributed by atoms with Crippen LogP contribution in [0.2, 0.25) is 0 Å². The number of hydrogen-bond acceptors (Lipinski definition) is 3. The Balaban J connectivity index is 2.34. The highest BCUT2D eigenvalue weighted by molar-refractivity contribution is 5.80. The predicted molar refractivity (Wildman–Crippen MR) is 53.7 cm³/mol. The van der Waals surface area contributed by atoms with E-state index in [0.29, 0.717) is 12.8 Å². The van der Waals surface area contributed by atoms with Gasteiger partial charge in [0.25, 0.3) is 0 Å². The number of carboxylic acid groups (broad SMARTS) is 2. The summed E-state index contributed by atoms with van der Waals surface area (Å²) < 4.78 is 0. The summed E-state index contributed by atoms with van der Waals surface area (Å²) in [4.78, 5) is 22.2. The van der Waals surface area contributed by atoms with Crippen LogP contribution in [-0.4, -0.2) is 33.4 Å². The van der Waals surface area contributed by atoms with E-state index in [4.69, 9.17) is 5.11 Å². The summed E-state index contributed by atoms with van der Waals surface area (Å²) in [7, 11) is 0. The van der Waals surface area contributed by atoms with Gasteiger partial charge in [-0.3, -0.25) is 9.59 Å². The molecule has 2 bridgehead atoms. The van der Waals surface area contributed by atoms with Gasteiger partial charge in [0.05, 0.1) is 17.4 Å². The second-order valence-electron chi connectivity index (χ2n) is 4.75. The summed E-state index contributed by atoms with van der Waals surface area (Å²) in [6.07, 6.45) is 3.05. The zero-order valence-electron chi connectivity index (χ0n) is 8.67. The van der Waals surface area contributed by atoms with Gasteiger partial charge in [-0.2, -0.15) is 0 Å². The average molecular weight is 226 g/mol. The van der Waals surface area contributed by atoms with Gasteiger partial charge in [0.1, 0.15) is 0 Å². The average Bonchev–Trinajstić information content (AvgIpc) is 2.23. The highest BCUT2D eigenvalue weighted by Gasteiger charge is 2.50. The van der Waals surface area contributed by atoms with Gasteiger partial charge < -0.3 is 15.3 Å². The minimum absolute atomic E-state index is 0.122. The van der Waals surface area contributed by atoms with Crippen molar-refractivity contribution in [1.29, 1.82) is 0 Å². The highest BCUT2D eigenvalue weighted by atomic mass is 16.4. The molecule has 0 spiro atoms. The quantitative estimate of drug-likeness (QED) is 0.595. The second-order valence-corrected chi connectivity index (χ2v) is 4.75. The molecule has 0 radical (unpaired) electrons. The van der Waals surface area contributed by atoms with Crippen molar-refractivity contribution in [3.63, 3.8) is 0 Å². The summed E-state index contributed by atoms with van der Waals surface area (Å²) in [6.45, 7) is 0. The van der Waals surface area contributed by atoms with E-state index in [9.17, 15) is 19.8 Å². The molecule has 0 amide bonds. The maximum atomic E-state index is 11.2. The molecule has 0 saturated heterocycles. The van der Waals surface area contributed by atoms with Crippen molar-refractivity contribution in [2.45, 2.75) is 25.4 Å². The highest BCUT2D eigenvalue weighted by Crippen LogP contribution is 2.48. The van der Waals surface area contributed by atoms with Crippen molar-refractivity contribution in [3.8, 4) is 0 Å². The van der Waals surface area contributed by atoms with Gasteiger partial charge in [-0.1, -0.05) is 12.2 Å². The summed E-state index contributed by atoms with van der Waals surface area (Å²) in [5.41, 5.74) is -1.09. The Morgan fingerprint density at radius 2 is 1.94 bits per heavy atom. The monoisotopic (exact) mass is 226 g/mol. The van der Waals surface area contributed by atoms with Crippen LogP contribution in [0.4, 0.5) is 0 Å². The first-order valence-corrected chi connectivity index (χ1v) is 5.28. The van der Waals surface area contributed by atoms with E-state index in [1.807, 2.05) is 0 Å². The molecule has 2 rings (SSSR count). The molecule has 0 aromatic heterocycles. The van der Waals surface area contributed by atoms with E-state index in [0.717, 1.165) is 0 Å². The second kappa shape index (κ2) is 3.59. The minimum atomic E-state index is -1.09. The van der Waals surface area contributed by atoms with Crippen LogP contribution < -0.4 is 0 Å². The van der Waals surface area contributed by atoms with Crippen LogP contribution in [0.3, 0.4) is 0 Å². The molecule has 88 valence electrons. The number of hydrogen-bond donors (Lipinski definition) is 3. The van der Waals surface area contributed by atoms with Crippen molar-refractivity contribution < 1.29 is 24.9 Å². The van der Waals surface area contributed by atoms with Gasteiger partial charge in [0.15, 0.2) is 0 Å². The molecule has 16 heavy (non-hydrogen) atoms. The fourth-order valence-electron chi connectivity index (χ4n) is 2.79. The van der Waals surface area contributed by atoms with Gasteiger partial charge in [0.2, 0.25) is 0 Å². The molecule has 0 heterocycles. The van der Waals surface area contributed by atoms with E-state index >= 15 is 0 Å². The van der Waals surface area contributed by atoms with Crippen LogP contribution in [0.1, 0.15) is 19.3 Å². The number of carboxylic acids is 2. The summed E-state index contributed by atoms with van der Waals surface area (Å²) in [6, 6.07) is 0. The van der Waals surface area contributed by atoms with E-state index < -0.39 is 29.4 Å². The molecule has 1 saturated carbocycles. The molecular formula is C11H14O5. The van der Waals surface area contributed by atoms with Crippen LogP contribution in [0.25, 0.3) is 0 Å². The Bertz CT molecular complexity index is 361. The lowest BCUT2D eigenvalue weighted by Gasteiger charge is -2.43. The third-order valence-electron chi connectivity index (χ3n) is 3.69. The van der Waals surface area contributed by atoms with E-state index in [-0.39, 0.29) is 12.3 Å². The number of carbonyl (C=O) groups is 2. The van der Waals surface area contributed by atoms with E-state index in [1.54, 1.807) is 0 Å². The van der Waals surface area contributed by atoms with Gasteiger partial charge in [-0.05, 0) is 25.2 Å². The molecule has 3 N–H and O–H groups in total. The predicted octanol–water partition coefficient (Wildman–Crippen LogP) is 0.489. The molecule has 0 aromatic carbocycles. The smallest absolute Gasteiger partial charge is 0.313 e. The number of fused-ring (bicyclic) bond motifs is 2.